The first-order chi connectivity index (χ1) is 14.5. The van der Waals surface area contributed by atoms with Gasteiger partial charge in [0.25, 0.3) is 5.89 Å². The van der Waals surface area contributed by atoms with Crippen LogP contribution in [-0.2, 0) is 16.1 Å². The molecule has 0 aliphatic carbocycles. The van der Waals surface area contributed by atoms with Crippen LogP contribution in [0, 0.1) is 0 Å². The molecule has 3 rings (SSSR count). The Bertz CT molecular complexity index is 1070. The van der Waals surface area contributed by atoms with Crippen molar-refractivity contribution in [2.75, 3.05) is 13.7 Å². The molecule has 0 spiro atoms. The Morgan fingerprint density at radius 3 is 2.80 bits per heavy atom. The van der Waals surface area contributed by atoms with Crippen LogP contribution in [0.1, 0.15) is 18.4 Å². The predicted molar refractivity (Wildman–Crippen MR) is 115 cm³/mol. The highest BCUT2D eigenvalue weighted by atomic mass is 79.9. The van der Waals surface area contributed by atoms with Crippen molar-refractivity contribution in [1.29, 1.82) is 0 Å². The Morgan fingerprint density at radius 2 is 2.07 bits per heavy atom. The van der Waals surface area contributed by atoms with Crippen molar-refractivity contribution in [2.45, 2.75) is 13.5 Å². The van der Waals surface area contributed by atoms with Gasteiger partial charge < -0.3 is 18.6 Å². The van der Waals surface area contributed by atoms with Crippen molar-refractivity contribution >= 4 is 39.6 Å². The molecule has 0 unspecified atom stereocenters. The number of esters is 1. The second-order valence-electron chi connectivity index (χ2n) is 5.89. The molecule has 0 aliphatic heterocycles. The number of rotatable bonds is 8. The lowest BCUT2D eigenvalue weighted by atomic mass is 10.2. The number of carbonyl (C=O) groups excluding carboxylic acids is 1. The lowest BCUT2D eigenvalue weighted by molar-refractivity contribution is -0.139. The molecule has 7 nitrogen and oxygen atoms in total. The summed E-state index contributed by atoms with van der Waals surface area (Å²) in [6.45, 7) is 2.16. The molecule has 3 aromatic rings. The third-order valence-corrected chi connectivity index (χ3v) is 4.83. The molecule has 0 bridgehead atoms. The Balaban J connectivity index is 1.63. The molecule has 0 N–H and O–H groups in total. The predicted octanol–water partition coefficient (Wildman–Crippen LogP) is 5.32. The minimum Gasteiger partial charge on any atom is -0.491 e. The second-order valence-corrected chi connectivity index (χ2v) is 7.15. The standard InChI is InChI=1S/C21H18BrClN2O5/c1-3-28-17-11-13(10-16(23)20(17)27-2)8-9-19(26)29-12-18-24-25-21(30-18)14-6-4-5-7-15(14)22/h4-11H,3,12H2,1-2H3/b9-8+. The molecule has 0 radical (unpaired) electrons. The molecule has 1 aromatic heterocycles. The number of ether oxygens (including phenoxy) is 3. The van der Waals surface area contributed by atoms with Crippen molar-refractivity contribution in [3.8, 4) is 23.0 Å². The highest BCUT2D eigenvalue weighted by molar-refractivity contribution is 9.10. The summed E-state index contributed by atoms with van der Waals surface area (Å²) in [6.07, 6.45) is 2.84. The molecule has 0 amide bonds. The molecule has 0 saturated carbocycles. The molecule has 0 aliphatic rings. The summed E-state index contributed by atoms with van der Waals surface area (Å²) in [7, 11) is 1.51. The molecule has 30 heavy (non-hydrogen) atoms. The molecule has 156 valence electrons. The maximum atomic E-state index is 12.0. The molecular formula is C21H18BrClN2O5. The van der Waals surface area contributed by atoms with Crippen molar-refractivity contribution in [3.63, 3.8) is 0 Å². The van der Waals surface area contributed by atoms with Crippen LogP contribution in [0.15, 0.2) is 51.4 Å². The summed E-state index contributed by atoms with van der Waals surface area (Å²) < 4.78 is 22.3. The van der Waals surface area contributed by atoms with Gasteiger partial charge in [0.05, 0.1) is 24.3 Å². The summed E-state index contributed by atoms with van der Waals surface area (Å²) in [5.74, 6) is 0.885. The van der Waals surface area contributed by atoms with Gasteiger partial charge in [-0.3, -0.25) is 0 Å². The largest absolute Gasteiger partial charge is 0.491 e. The van der Waals surface area contributed by atoms with Crippen LogP contribution in [-0.4, -0.2) is 29.9 Å². The van der Waals surface area contributed by atoms with E-state index >= 15 is 0 Å². The topological polar surface area (TPSA) is 83.7 Å². The fourth-order valence-corrected chi connectivity index (χ4v) is 3.30. The van der Waals surface area contributed by atoms with E-state index < -0.39 is 5.97 Å². The molecule has 0 atom stereocenters. The number of carbonyl (C=O) groups is 1. The van der Waals surface area contributed by atoms with Gasteiger partial charge in [-0.25, -0.2) is 4.79 Å². The number of benzene rings is 2. The fourth-order valence-electron chi connectivity index (χ4n) is 2.55. The zero-order valence-electron chi connectivity index (χ0n) is 16.2. The number of hydrogen-bond acceptors (Lipinski definition) is 7. The first kappa shape index (κ1) is 21.9. The minimum atomic E-state index is -0.569. The van der Waals surface area contributed by atoms with Crippen LogP contribution >= 0.6 is 27.5 Å². The van der Waals surface area contributed by atoms with Crippen LogP contribution in [0.2, 0.25) is 5.02 Å². The highest BCUT2D eigenvalue weighted by Gasteiger charge is 2.13. The number of aromatic nitrogens is 2. The van der Waals surface area contributed by atoms with Crippen LogP contribution in [0.4, 0.5) is 0 Å². The molecular weight excluding hydrogens is 476 g/mol. The molecule has 0 saturated heterocycles. The smallest absolute Gasteiger partial charge is 0.331 e. The van der Waals surface area contributed by atoms with E-state index in [-0.39, 0.29) is 12.5 Å². The number of methoxy groups -OCH3 is 1. The van der Waals surface area contributed by atoms with Gasteiger partial charge in [-0.1, -0.05) is 23.7 Å². The van der Waals surface area contributed by atoms with E-state index in [0.717, 1.165) is 10.0 Å². The van der Waals surface area contributed by atoms with Crippen molar-refractivity contribution in [1.82, 2.24) is 10.2 Å². The Labute approximate surface area is 186 Å². The van der Waals surface area contributed by atoms with Crippen molar-refractivity contribution in [3.05, 3.63) is 63.4 Å². The quantitative estimate of drug-likeness (QED) is 0.310. The normalized spacial score (nSPS) is 10.9. The summed E-state index contributed by atoms with van der Waals surface area (Å²) in [6, 6.07) is 10.8. The molecule has 2 aromatic carbocycles. The Kier molecular flexibility index (Phi) is 7.48. The summed E-state index contributed by atoms with van der Waals surface area (Å²) in [5.41, 5.74) is 1.42. The van der Waals surface area contributed by atoms with E-state index in [9.17, 15) is 4.79 Å². The number of halogens is 2. The van der Waals surface area contributed by atoms with E-state index in [1.165, 1.54) is 13.2 Å². The average molecular weight is 494 g/mol. The molecule has 1 heterocycles. The van der Waals surface area contributed by atoms with E-state index in [1.807, 2.05) is 31.2 Å². The van der Waals surface area contributed by atoms with Gasteiger partial charge in [-0.05, 0) is 58.8 Å². The summed E-state index contributed by atoms with van der Waals surface area (Å²) in [4.78, 5) is 12.0. The van der Waals surface area contributed by atoms with E-state index in [2.05, 4.69) is 26.1 Å². The maximum absolute atomic E-state index is 12.0. The third kappa shape index (κ3) is 5.40. The number of nitrogens with zero attached hydrogens (tertiary/aromatic N) is 2. The first-order valence-corrected chi connectivity index (χ1v) is 10.1. The van der Waals surface area contributed by atoms with E-state index in [4.69, 9.17) is 30.2 Å². The molecule has 0 fully saturated rings. The Morgan fingerprint density at radius 1 is 1.27 bits per heavy atom. The van der Waals surface area contributed by atoms with Crippen molar-refractivity contribution in [2.24, 2.45) is 0 Å². The zero-order valence-corrected chi connectivity index (χ0v) is 18.6. The van der Waals surface area contributed by atoms with Crippen LogP contribution in [0.5, 0.6) is 11.5 Å². The van der Waals surface area contributed by atoms with Gasteiger partial charge in [-0.2, -0.15) is 0 Å². The summed E-state index contributed by atoms with van der Waals surface area (Å²) in [5, 5.41) is 8.25. The minimum absolute atomic E-state index is 0.145. The monoisotopic (exact) mass is 492 g/mol. The number of hydrogen-bond donors (Lipinski definition) is 0. The lowest BCUT2D eigenvalue weighted by Crippen LogP contribution is -2.01. The van der Waals surface area contributed by atoms with E-state index in [0.29, 0.717) is 34.6 Å². The maximum Gasteiger partial charge on any atom is 0.331 e. The van der Waals surface area contributed by atoms with E-state index in [1.54, 1.807) is 18.2 Å². The van der Waals surface area contributed by atoms with Gasteiger partial charge in [0.2, 0.25) is 5.89 Å². The highest BCUT2D eigenvalue weighted by Crippen LogP contribution is 2.36. The summed E-state index contributed by atoms with van der Waals surface area (Å²) >= 11 is 9.63. The first-order valence-electron chi connectivity index (χ1n) is 8.94. The zero-order chi connectivity index (χ0) is 21.5. The van der Waals surface area contributed by atoms with Crippen LogP contribution in [0.3, 0.4) is 0 Å². The third-order valence-electron chi connectivity index (χ3n) is 3.86. The van der Waals surface area contributed by atoms with Gasteiger partial charge >= 0.3 is 5.97 Å². The van der Waals surface area contributed by atoms with Crippen LogP contribution in [0.25, 0.3) is 17.5 Å². The van der Waals surface area contributed by atoms with Gasteiger partial charge in [0, 0.05) is 10.5 Å². The van der Waals surface area contributed by atoms with Crippen LogP contribution < -0.4 is 9.47 Å². The lowest BCUT2D eigenvalue weighted by Gasteiger charge is -2.11. The molecule has 9 heteroatoms. The fraction of sp³-hybridized carbons (Fsp3) is 0.190. The SMILES string of the molecule is CCOc1cc(/C=C/C(=O)OCc2nnc(-c3ccccc3Br)o2)cc(Cl)c1OC. The van der Waals surface area contributed by atoms with Gasteiger partial charge in [0.1, 0.15) is 0 Å². The van der Waals surface area contributed by atoms with Crippen molar-refractivity contribution < 1.29 is 23.4 Å². The average Bonchev–Trinajstić information content (AvgIpc) is 3.20. The Hall–Kier alpha value is -2.84. The van der Waals surface area contributed by atoms with Gasteiger partial charge in [-0.15, -0.1) is 10.2 Å². The second kappa shape index (κ2) is 10.3. The van der Waals surface area contributed by atoms with Gasteiger partial charge in [0.15, 0.2) is 18.1 Å².